The molecule has 0 saturated carbocycles. The Bertz CT molecular complexity index is 418. The highest BCUT2D eigenvalue weighted by molar-refractivity contribution is 5.97. The van der Waals surface area contributed by atoms with Crippen LogP contribution in [-0.4, -0.2) is 35.3 Å². The van der Waals surface area contributed by atoms with Gasteiger partial charge in [-0.05, 0) is 25.2 Å². The van der Waals surface area contributed by atoms with Crippen LogP contribution in [0.5, 0.6) is 0 Å². The molecule has 1 aliphatic heterocycles. The van der Waals surface area contributed by atoms with Crippen LogP contribution < -0.4 is 5.32 Å². The number of piperazine rings is 1. The topological polar surface area (TPSA) is 49.4 Å². The van der Waals surface area contributed by atoms with E-state index in [2.05, 4.69) is 31.0 Å². The smallest absolute Gasteiger partial charge is 0.245 e. The number of nitrogens with one attached hydrogen (secondary N) is 1. The van der Waals surface area contributed by atoms with Crippen LogP contribution in [0.25, 0.3) is 0 Å². The van der Waals surface area contributed by atoms with E-state index in [-0.39, 0.29) is 29.8 Å². The van der Waals surface area contributed by atoms with Gasteiger partial charge in [0.25, 0.3) is 0 Å². The summed E-state index contributed by atoms with van der Waals surface area (Å²) in [6.45, 7) is 10.4. The molecule has 4 heteroatoms. The Hall–Kier alpha value is -1.50. The van der Waals surface area contributed by atoms with E-state index in [0.717, 1.165) is 0 Å². The van der Waals surface area contributed by atoms with Gasteiger partial charge in [0.05, 0.1) is 0 Å². The Labute approximate surface area is 122 Å². The summed E-state index contributed by atoms with van der Waals surface area (Å²) in [7, 11) is 0. The summed E-state index contributed by atoms with van der Waals surface area (Å²) in [5.41, 5.74) is 0. The SMILES string of the molecule is CC#CCCN1C(=O)C(CC(C)C)NC(=O)C1C(C)C. The standard InChI is InChI=1S/C16H26N2O2/c1-6-7-8-9-18-14(12(4)5)15(19)17-13(16(18)20)10-11(2)3/h11-14H,8-10H2,1-5H3,(H,17,19). The summed E-state index contributed by atoms with van der Waals surface area (Å²) in [6, 6.07) is -0.753. The van der Waals surface area contributed by atoms with Crippen molar-refractivity contribution in [3.63, 3.8) is 0 Å². The fraction of sp³-hybridized carbons (Fsp3) is 0.750. The molecule has 20 heavy (non-hydrogen) atoms. The predicted octanol–water partition coefficient (Wildman–Crippen LogP) is 1.80. The Morgan fingerprint density at radius 1 is 1.25 bits per heavy atom. The molecule has 2 amide bonds. The quantitative estimate of drug-likeness (QED) is 0.780. The molecule has 2 atom stereocenters. The molecule has 1 heterocycles. The Morgan fingerprint density at radius 2 is 1.90 bits per heavy atom. The zero-order valence-corrected chi connectivity index (χ0v) is 13.2. The second kappa shape index (κ2) is 7.33. The summed E-state index contributed by atoms with van der Waals surface area (Å²) in [5, 5.41) is 2.88. The van der Waals surface area contributed by atoms with Crippen molar-refractivity contribution < 1.29 is 9.59 Å². The van der Waals surface area contributed by atoms with E-state index >= 15 is 0 Å². The normalized spacial score (nSPS) is 22.9. The monoisotopic (exact) mass is 278 g/mol. The van der Waals surface area contributed by atoms with Gasteiger partial charge in [-0.15, -0.1) is 11.8 Å². The fourth-order valence-electron chi connectivity index (χ4n) is 2.64. The molecule has 1 fully saturated rings. The minimum absolute atomic E-state index is 0.0327. The lowest BCUT2D eigenvalue weighted by Crippen LogP contribution is -2.65. The largest absolute Gasteiger partial charge is 0.342 e. The van der Waals surface area contributed by atoms with Crippen molar-refractivity contribution in [2.45, 2.75) is 59.5 Å². The van der Waals surface area contributed by atoms with E-state index in [0.29, 0.717) is 25.3 Å². The summed E-state index contributed by atoms with van der Waals surface area (Å²) in [6.07, 6.45) is 1.30. The number of carbonyl (C=O) groups excluding carboxylic acids is 2. The number of nitrogens with zero attached hydrogens (tertiary/aromatic N) is 1. The van der Waals surface area contributed by atoms with Crippen molar-refractivity contribution in [3.05, 3.63) is 0 Å². The minimum atomic E-state index is -0.382. The molecule has 0 aromatic heterocycles. The van der Waals surface area contributed by atoms with Crippen LogP contribution in [-0.2, 0) is 9.59 Å². The van der Waals surface area contributed by atoms with Gasteiger partial charge < -0.3 is 10.2 Å². The van der Waals surface area contributed by atoms with Gasteiger partial charge in [-0.25, -0.2) is 0 Å². The van der Waals surface area contributed by atoms with Crippen molar-refractivity contribution in [2.75, 3.05) is 6.54 Å². The highest BCUT2D eigenvalue weighted by Gasteiger charge is 2.41. The molecule has 2 unspecified atom stereocenters. The molecule has 0 aromatic carbocycles. The number of hydrogen-bond donors (Lipinski definition) is 1. The van der Waals surface area contributed by atoms with Gasteiger partial charge in [0, 0.05) is 13.0 Å². The van der Waals surface area contributed by atoms with Crippen LogP contribution >= 0.6 is 0 Å². The molecule has 4 nitrogen and oxygen atoms in total. The zero-order chi connectivity index (χ0) is 15.3. The third-order valence-corrected chi connectivity index (χ3v) is 3.50. The molecule has 1 N–H and O–H groups in total. The molecule has 1 saturated heterocycles. The van der Waals surface area contributed by atoms with E-state index in [9.17, 15) is 9.59 Å². The van der Waals surface area contributed by atoms with Crippen LogP contribution in [0.2, 0.25) is 0 Å². The number of carbonyl (C=O) groups is 2. The van der Waals surface area contributed by atoms with Crippen LogP contribution in [0.3, 0.4) is 0 Å². The lowest BCUT2D eigenvalue weighted by atomic mass is 9.93. The molecule has 1 aliphatic rings. The Balaban J connectivity index is 2.90. The molecule has 112 valence electrons. The first-order valence-electron chi connectivity index (χ1n) is 7.39. The summed E-state index contributed by atoms with van der Waals surface area (Å²) in [5.74, 6) is 6.28. The highest BCUT2D eigenvalue weighted by atomic mass is 16.2. The molecule has 0 radical (unpaired) electrons. The Morgan fingerprint density at radius 3 is 2.40 bits per heavy atom. The number of rotatable bonds is 5. The van der Waals surface area contributed by atoms with Gasteiger partial charge >= 0.3 is 0 Å². The second-order valence-electron chi connectivity index (χ2n) is 6.09. The third kappa shape index (κ3) is 4.00. The van der Waals surface area contributed by atoms with Gasteiger partial charge in [-0.3, -0.25) is 9.59 Å². The average molecular weight is 278 g/mol. The Kier molecular flexibility index (Phi) is 6.06. The first-order valence-corrected chi connectivity index (χ1v) is 7.39. The minimum Gasteiger partial charge on any atom is -0.342 e. The molecule has 0 spiro atoms. The second-order valence-corrected chi connectivity index (χ2v) is 6.09. The van der Waals surface area contributed by atoms with E-state index in [1.807, 2.05) is 13.8 Å². The van der Waals surface area contributed by atoms with Crippen molar-refractivity contribution in [2.24, 2.45) is 11.8 Å². The van der Waals surface area contributed by atoms with E-state index in [1.54, 1.807) is 11.8 Å². The fourth-order valence-corrected chi connectivity index (χ4v) is 2.64. The average Bonchev–Trinajstić information content (AvgIpc) is 2.33. The first kappa shape index (κ1) is 16.6. The maximum Gasteiger partial charge on any atom is 0.245 e. The van der Waals surface area contributed by atoms with Gasteiger partial charge in [-0.2, -0.15) is 0 Å². The maximum atomic E-state index is 12.6. The summed E-state index contributed by atoms with van der Waals surface area (Å²) >= 11 is 0. The van der Waals surface area contributed by atoms with Crippen molar-refractivity contribution >= 4 is 11.8 Å². The summed E-state index contributed by atoms with van der Waals surface area (Å²) in [4.78, 5) is 26.6. The predicted molar refractivity (Wildman–Crippen MR) is 79.8 cm³/mol. The van der Waals surface area contributed by atoms with Crippen LogP contribution in [0.15, 0.2) is 0 Å². The van der Waals surface area contributed by atoms with E-state index < -0.39 is 0 Å². The van der Waals surface area contributed by atoms with Gasteiger partial charge in [-0.1, -0.05) is 27.7 Å². The lowest BCUT2D eigenvalue weighted by Gasteiger charge is -2.41. The van der Waals surface area contributed by atoms with Gasteiger partial charge in [0.15, 0.2) is 0 Å². The number of amides is 2. The van der Waals surface area contributed by atoms with Crippen molar-refractivity contribution in [3.8, 4) is 11.8 Å². The van der Waals surface area contributed by atoms with Crippen LogP contribution in [0, 0.1) is 23.7 Å². The third-order valence-electron chi connectivity index (χ3n) is 3.50. The first-order chi connectivity index (χ1) is 9.38. The van der Waals surface area contributed by atoms with Gasteiger partial charge in [0.2, 0.25) is 11.8 Å². The van der Waals surface area contributed by atoms with E-state index in [4.69, 9.17) is 0 Å². The lowest BCUT2D eigenvalue weighted by molar-refractivity contribution is -0.151. The molecular weight excluding hydrogens is 252 g/mol. The molecule has 0 aromatic rings. The number of hydrogen-bond acceptors (Lipinski definition) is 2. The molecule has 0 aliphatic carbocycles. The zero-order valence-electron chi connectivity index (χ0n) is 13.2. The molecule has 0 bridgehead atoms. The maximum absolute atomic E-state index is 12.6. The molecular formula is C16H26N2O2. The van der Waals surface area contributed by atoms with Crippen molar-refractivity contribution in [1.29, 1.82) is 0 Å². The molecule has 1 rings (SSSR count). The van der Waals surface area contributed by atoms with Crippen LogP contribution in [0.1, 0.15) is 47.5 Å². The van der Waals surface area contributed by atoms with Gasteiger partial charge in [0.1, 0.15) is 12.1 Å². The van der Waals surface area contributed by atoms with Crippen molar-refractivity contribution in [1.82, 2.24) is 10.2 Å². The summed E-state index contributed by atoms with van der Waals surface area (Å²) < 4.78 is 0. The highest BCUT2D eigenvalue weighted by Crippen LogP contribution is 2.20. The van der Waals surface area contributed by atoms with Crippen LogP contribution in [0.4, 0.5) is 0 Å². The van der Waals surface area contributed by atoms with E-state index in [1.165, 1.54) is 0 Å².